The molecule has 0 aliphatic carbocycles. The molecule has 2 N–H and O–H groups in total. The van der Waals surface area contributed by atoms with E-state index < -0.39 is 39.7 Å². The predicted molar refractivity (Wildman–Crippen MR) is 110 cm³/mol. The van der Waals surface area contributed by atoms with Gasteiger partial charge in [0.15, 0.2) is 5.78 Å². The van der Waals surface area contributed by atoms with Crippen LogP contribution in [0.1, 0.15) is 50.8 Å². The molecule has 1 unspecified atom stereocenters. The van der Waals surface area contributed by atoms with Gasteiger partial charge in [-0.3, -0.25) is 38.9 Å². The van der Waals surface area contributed by atoms with Crippen molar-refractivity contribution in [2.45, 2.75) is 30.7 Å². The van der Waals surface area contributed by atoms with Gasteiger partial charge in [-0.25, -0.2) is 8.42 Å². The van der Waals surface area contributed by atoms with E-state index in [1.165, 1.54) is 49.4 Å². The largest absolute Gasteiger partial charge is 0.295 e. The average molecular weight is 455 g/mol. The fraction of sp³-hybridized carbons (Fsp3) is 0.190. The maximum absolute atomic E-state index is 12.9. The zero-order valence-corrected chi connectivity index (χ0v) is 17.6. The fourth-order valence-corrected chi connectivity index (χ4v) is 4.67. The van der Waals surface area contributed by atoms with Crippen molar-refractivity contribution in [1.82, 2.24) is 10.2 Å². The number of imide groups is 2. The normalized spacial score (nSPS) is 18.4. The van der Waals surface area contributed by atoms with E-state index in [1.807, 2.05) is 0 Å². The Labute approximate surface area is 182 Å². The van der Waals surface area contributed by atoms with E-state index in [0.717, 1.165) is 4.90 Å². The summed E-state index contributed by atoms with van der Waals surface area (Å²) in [6, 6.07) is 8.09. The van der Waals surface area contributed by atoms with Crippen LogP contribution in [0.4, 0.5) is 5.69 Å². The molecule has 1 atom stereocenters. The van der Waals surface area contributed by atoms with Crippen LogP contribution in [0.15, 0.2) is 47.4 Å². The van der Waals surface area contributed by atoms with Crippen LogP contribution in [-0.4, -0.2) is 48.8 Å². The highest BCUT2D eigenvalue weighted by Crippen LogP contribution is 2.30. The zero-order valence-electron chi connectivity index (χ0n) is 16.7. The van der Waals surface area contributed by atoms with Crippen LogP contribution < -0.4 is 10.0 Å². The summed E-state index contributed by atoms with van der Waals surface area (Å²) in [6.45, 7) is 1.36. The van der Waals surface area contributed by atoms with Crippen LogP contribution in [0, 0.1) is 0 Å². The molecule has 4 rings (SSSR count). The van der Waals surface area contributed by atoms with Gasteiger partial charge in [0.1, 0.15) is 6.04 Å². The van der Waals surface area contributed by atoms with Crippen LogP contribution in [-0.2, 0) is 19.6 Å². The Morgan fingerprint density at radius 3 is 2.28 bits per heavy atom. The summed E-state index contributed by atoms with van der Waals surface area (Å²) in [4.78, 5) is 61.1. The van der Waals surface area contributed by atoms with Crippen molar-refractivity contribution in [1.29, 1.82) is 0 Å². The molecule has 0 spiro atoms. The van der Waals surface area contributed by atoms with E-state index in [2.05, 4.69) is 10.0 Å². The molecule has 0 aromatic heterocycles. The number of carbonyl (C=O) groups is 5. The quantitative estimate of drug-likeness (QED) is 0.507. The molecular weight excluding hydrogens is 438 g/mol. The third-order valence-electron chi connectivity index (χ3n) is 5.26. The molecule has 32 heavy (non-hydrogen) atoms. The lowest BCUT2D eigenvalue weighted by Gasteiger charge is -2.27. The summed E-state index contributed by atoms with van der Waals surface area (Å²) in [5.74, 6) is -2.84. The lowest BCUT2D eigenvalue weighted by molar-refractivity contribution is -0.136. The third kappa shape index (κ3) is 3.66. The number of hydrogen-bond acceptors (Lipinski definition) is 7. The highest BCUT2D eigenvalue weighted by atomic mass is 32.2. The lowest BCUT2D eigenvalue weighted by Crippen LogP contribution is -2.54. The number of sulfonamides is 1. The van der Waals surface area contributed by atoms with Gasteiger partial charge in [-0.2, -0.15) is 0 Å². The maximum Gasteiger partial charge on any atom is 0.262 e. The molecule has 2 aliphatic rings. The first kappa shape index (κ1) is 21.4. The van der Waals surface area contributed by atoms with Crippen LogP contribution >= 0.6 is 0 Å². The Balaban J connectivity index is 1.59. The predicted octanol–water partition coefficient (Wildman–Crippen LogP) is 1.09. The van der Waals surface area contributed by atoms with Crippen LogP contribution in [0.3, 0.4) is 0 Å². The van der Waals surface area contributed by atoms with E-state index in [0.29, 0.717) is 5.56 Å². The smallest absolute Gasteiger partial charge is 0.262 e. The second kappa shape index (κ2) is 7.68. The molecule has 10 nitrogen and oxygen atoms in total. The van der Waals surface area contributed by atoms with Crippen molar-refractivity contribution in [2.75, 3.05) is 4.72 Å². The molecule has 0 saturated carbocycles. The van der Waals surface area contributed by atoms with E-state index >= 15 is 0 Å². The maximum atomic E-state index is 12.9. The second-order valence-corrected chi connectivity index (χ2v) is 9.08. The highest BCUT2D eigenvalue weighted by Gasteiger charge is 2.44. The fourth-order valence-electron chi connectivity index (χ4n) is 3.62. The standard InChI is InChI=1S/C21H17N3O7S/c1-11(25)12-2-5-14(6-3-12)32(30,31)23-13-4-7-15-16(10-13)21(29)24(20(15)28)17-8-9-18(26)22-19(17)27/h2-7,10,17,23H,8-9H2,1H3,(H,22,26,27). The van der Waals surface area contributed by atoms with Crippen LogP contribution in [0.5, 0.6) is 0 Å². The molecule has 2 aromatic carbocycles. The number of ketones is 1. The van der Waals surface area contributed by atoms with Gasteiger partial charge in [0.05, 0.1) is 16.0 Å². The number of benzene rings is 2. The SMILES string of the molecule is CC(=O)c1ccc(S(=O)(=O)Nc2ccc3c(c2)C(=O)N(C2CCC(=O)NC2=O)C3=O)cc1. The van der Waals surface area contributed by atoms with E-state index in [1.54, 1.807) is 0 Å². The summed E-state index contributed by atoms with van der Waals surface area (Å²) in [5.41, 5.74) is 0.394. The molecule has 2 heterocycles. The van der Waals surface area contributed by atoms with E-state index in [9.17, 15) is 32.4 Å². The number of rotatable bonds is 5. The van der Waals surface area contributed by atoms with E-state index in [4.69, 9.17) is 0 Å². The van der Waals surface area contributed by atoms with Crippen molar-refractivity contribution in [2.24, 2.45) is 0 Å². The number of anilines is 1. The number of piperidine rings is 1. The zero-order chi connectivity index (χ0) is 23.2. The molecule has 0 bridgehead atoms. The number of amides is 4. The molecule has 164 valence electrons. The minimum atomic E-state index is -4.03. The van der Waals surface area contributed by atoms with Gasteiger partial charge in [0, 0.05) is 17.7 Å². The Morgan fingerprint density at radius 2 is 1.66 bits per heavy atom. The Kier molecular flexibility index (Phi) is 5.13. The summed E-state index contributed by atoms with van der Waals surface area (Å²) < 4.78 is 27.7. The number of hydrogen-bond donors (Lipinski definition) is 2. The Hall–Kier alpha value is -3.86. The molecule has 2 aliphatic heterocycles. The van der Waals surface area contributed by atoms with Gasteiger partial charge in [-0.05, 0) is 43.7 Å². The summed E-state index contributed by atoms with van der Waals surface area (Å²) >= 11 is 0. The molecule has 1 fully saturated rings. The molecular formula is C21H17N3O7S. The summed E-state index contributed by atoms with van der Waals surface area (Å²) in [7, 11) is -4.03. The summed E-state index contributed by atoms with van der Waals surface area (Å²) in [5, 5.41) is 2.11. The molecule has 2 aromatic rings. The van der Waals surface area contributed by atoms with Crippen molar-refractivity contribution in [3.8, 4) is 0 Å². The van der Waals surface area contributed by atoms with Crippen LogP contribution in [0.25, 0.3) is 0 Å². The lowest BCUT2D eigenvalue weighted by atomic mass is 10.0. The molecule has 1 saturated heterocycles. The van der Waals surface area contributed by atoms with Gasteiger partial charge >= 0.3 is 0 Å². The van der Waals surface area contributed by atoms with Gasteiger partial charge in [-0.1, -0.05) is 12.1 Å². The Bertz CT molecular complexity index is 1300. The minimum Gasteiger partial charge on any atom is -0.295 e. The topological polar surface area (TPSA) is 147 Å². The molecule has 11 heteroatoms. The van der Waals surface area contributed by atoms with Crippen LogP contribution in [0.2, 0.25) is 0 Å². The average Bonchev–Trinajstić information content (AvgIpc) is 2.98. The third-order valence-corrected chi connectivity index (χ3v) is 6.66. The van der Waals surface area contributed by atoms with E-state index in [-0.39, 0.29) is 40.3 Å². The number of nitrogens with zero attached hydrogens (tertiary/aromatic N) is 1. The van der Waals surface area contributed by atoms with Gasteiger partial charge in [0.25, 0.3) is 21.8 Å². The van der Waals surface area contributed by atoms with Crippen molar-refractivity contribution in [3.63, 3.8) is 0 Å². The van der Waals surface area contributed by atoms with Crippen molar-refractivity contribution in [3.05, 3.63) is 59.2 Å². The van der Waals surface area contributed by atoms with Gasteiger partial charge in [0.2, 0.25) is 11.8 Å². The number of fused-ring (bicyclic) bond motifs is 1. The number of Topliss-reactive ketones (excluding diaryl/α,β-unsaturated/α-hetero) is 1. The highest BCUT2D eigenvalue weighted by molar-refractivity contribution is 7.92. The van der Waals surface area contributed by atoms with Gasteiger partial charge < -0.3 is 0 Å². The van der Waals surface area contributed by atoms with Crippen molar-refractivity contribution >= 4 is 45.1 Å². The first-order chi connectivity index (χ1) is 15.1. The first-order valence-corrected chi connectivity index (χ1v) is 11.1. The van der Waals surface area contributed by atoms with Crippen molar-refractivity contribution < 1.29 is 32.4 Å². The minimum absolute atomic E-state index is 0.00270. The number of nitrogens with one attached hydrogen (secondary N) is 2. The van der Waals surface area contributed by atoms with Gasteiger partial charge in [-0.15, -0.1) is 0 Å². The first-order valence-electron chi connectivity index (χ1n) is 9.58. The molecule has 4 amide bonds. The Morgan fingerprint density at radius 1 is 1.00 bits per heavy atom. The second-order valence-electron chi connectivity index (χ2n) is 7.39. The monoisotopic (exact) mass is 455 g/mol. The summed E-state index contributed by atoms with van der Waals surface area (Å²) in [6.07, 6.45) is 0.0170. The molecule has 0 radical (unpaired) electrons. The number of carbonyl (C=O) groups excluding carboxylic acids is 5.